The van der Waals surface area contributed by atoms with Gasteiger partial charge in [-0.2, -0.15) is 31.1 Å². The zero-order valence-electron chi connectivity index (χ0n) is 15.5. The van der Waals surface area contributed by atoms with E-state index in [-0.39, 0.29) is 13.2 Å². The van der Waals surface area contributed by atoms with Crippen LogP contribution in [0.25, 0.3) is 5.53 Å². The van der Waals surface area contributed by atoms with E-state index in [0.29, 0.717) is 5.56 Å². The molecular weight excluding hydrogens is 444 g/mol. The lowest BCUT2D eigenvalue weighted by atomic mass is 10.2. The molecule has 0 saturated heterocycles. The monoisotopic (exact) mass is 459 g/mol. The van der Waals surface area contributed by atoms with Gasteiger partial charge in [-0.15, -0.1) is 0 Å². The number of benzene rings is 1. The molecule has 1 amide bonds. The molecule has 9 nitrogen and oxygen atoms in total. The van der Waals surface area contributed by atoms with Gasteiger partial charge in [0.1, 0.15) is 6.61 Å². The maximum Gasteiger partial charge on any atom is 0.503 e. The fourth-order valence-electron chi connectivity index (χ4n) is 1.58. The normalized spacial score (nSPS) is 11.7. The number of aliphatic carboxylic acids is 1. The fourth-order valence-corrected chi connectivity index (χ4v) is 1.58. The number of ether oxygens (including phenoxy) is 2. The molecule has 31 heavy (non-hydrogen) atoms. The number of carboxylic acids is 1. The van der Waals surface area contributed by atoms with Gasteiger partial charge in [0.2, 0.25) is 6.04 Å². The summed E-state index contributed by atoms with van der Waals surface area (Å²) in [5.41, 5.74) is 6.44. The lowest BCUT2D eigenvalue weighted by molar-refractivity contribution is -0.179. The molecule has 0 aliphatic carbocycles. The van der Waals surface area contributed by atoms with Crippen molar-refractivity contribution in [1.29, 1.82) is 0 Å². The molecular formula is C16H15F6N3O6. The van der Waals surface area contributed by atoms with Crippen LogP contribution in [0.4, 0.5) is 31.1 Å². The number of carbonyl (C=O) groups is 3. The summed E-state index contributed by atoms with van der Waals surface area (Å²) in [7, 11) is 0. The van der Waals surface area contributed by atoms with E-state index >= 15 is 0 Å². The molecule has 1 aromatic carbocycles. The summed E-state index contributed by atoms with van der Waals surface area (Å²) in [6, 6.07) is 5.25. The first-order valence-corrected chi connectivity index (χ1v) is 7.97. The lowest BCUT2D eigenvalue weighted by Crippen LogP contribution is -2.50. The van der Waals surface area contributed by atoms with Crippen molar-refractivity contribution >= 4 is 23.7 Å². The number of esters is 1. The van der Waals surface area contributed by atoms with Gasteiger partial charge in [-0.1, -0.05) is 30.3 Å². The molecule has 0 spiro atoms. The van der Waals surface area contributed by atoms with Crippen molar-refractivity contribution in [2.75, 3.05) is 6.61 Å². The minimum atomic E-state index is -5.09. The molecule has 0 radical (unpaired) electrons. The Hall–Kier alpha value is -3.61. The van der Waals surface area contributed by atoms with Crippen LogP contribution in [0.3, 0.4) is 0 Å². The van der Waals surface area contributed by atoms with Crippen molar-refractivity contribution in [3.63, 3.8) is 0 Å². The maximum atomic E-state index is 12.2. The van der Waals surface area contributed by atoms with E-state index in [2.05, 4.69) is 9.47 Å². The van der Waals surface area contributed by atoms with Gasteiger partial charge in [0, 0.05) is 0 Å². The number of carbonyl (C=O) groups excluding carboxylic acids is 2. The molecule has 172 valence electrons. The van der Waals surface area contributed by atoms with Gasteiger partial charge in [-0.3, -0.25) is 5.32 Å². The first-order valence-electron chi connectivity index (χ1n) is 7.97. The summed E-state index contributed by atoms with van der Waals surface area (Å²) in [5, 5.41) is 9.59. The zero-order valence-corrected chi connectivity index (χ0v) is 15.5. The van der Waals surface area contributed by atoms with E-state index in [1.54, 1.807) is 35.1 Å². The Kier molecular flexibility index (Phi) is 10.8. The van der Waals surface area contributed by atoms with Crippen molar-refractivity contribution in [3.05, 3.63) is 41.4 Å². The van der Waals surface area contributed by atoms with E-state index in [1.807, 2.05) is 0 Å². The smallest absolute Gasteiger partial charge is 0.479 e. The second-order valence-corrected chi connectivity index (χ2v) is 5.19. The van der Waals surface area contributed by atoms with Crippen LogP contribution in [0.5, 0.6) is 0 Å². The quantitative estimate of drug-likeness (QED) is 0.221. The number of hydrogen-bond donors (Lipinski definition) is 2. The Morgan fingerprint density at radius 1 is 1.10 bits per heavy atom. The lowest BCUT2D eigenvalue weighted by Gasteiger charge is -2.17. The molecule has 1 rings (SSSR count). The van der Waals surface area contributed by atoms with Crippen LogP contribution >= 0.6 is 0 Å². The molecule has 1 aromatic rings. The highest BCUT2D eigenvalue weighted by Gasteiger charge is 2.51. The Morgan fingerprint density at radius 3 is 2.03 bits per heavy atom. The summed E-state index contributed by atoms with van der Waals surface area (Å²) >= 11 is 0. The van der Waals surface area contributed by atoms with Crippen LogP contribution < -0.4 is 5.32 Å². The maximum absolute atomic E-state index is 12.2. The Balaban J connectivity index is 0.000000649. The summed E-state index contributed by atoms with van der Waals surface area (Å²) in [4.78, 5) is 33.6. The molecule has 0 aliphatic heterocycles. The van der Waals surface area contributed by atoms with Crippen molar-refractivity contribution in [2.45, 2.75) is 31.9 Å². The summed E-state index contributed by atoms with van der Waals surface area (Å²) in [6.45, 7) is 0.869. The third kappa shape index (κ3) is 10.7. The first kappa shape index (κ1) is 27.4. The van der Waals surface area contributed by atoms with Gasteiger partial charge in [0.05, 0.1) is 6.61 Å². The molecule has 0 aromatic heterocycles. The van der Waals surface area contributed by atoms with Gasteiger partial charge < -0.3 is 20.1 Å². The van der Waals surface area contributed by atoms with Crippen LogP contribution in [0.15, 0.2) is 30.3 Å². The van der Waals surface area contributed by atoms with Gasteiger partial charge in [-0.25, -0.2) is 14.4 Å². The van der Waals surface area contributed by atoms with E-state index in [1.165, 1.54) is 12.2 Å². The highest BCUT2D eigenvalue weighted by Crippen LogP contribution is 2.20. The largest absolute Gasteiger partial charge is 0.503 e. The van der Waals surface area contributed by atoms with Crippen molar-refractivity contribution < 1.29 is 60.1 Å². The average molecular weight is 459 g/mol. The van der Waals surface area contributed by atoms with Crippen LogP contribution in [-0.2, 0) is 25.7 Å². The van der Waals surface area contributed by atoms with Crippen LogP contribution in [0.2, 0.25) is 0 Å². The molecule has 0 fully saturated rings. The van der Waals surface area contributed by atoms with E-state index in [4.69, 9.17) is 10.6 Å². The molecule has 0 saturated carbocycles. The number of rotatable bonds is 6. The molecule has 0 aliphatic rings. The first-order chi connectivity index (χ1) is 14.2. The molecule has 2 N–H and O–H groups in total. The van der Waals surface area contributed by atoms with Crippen molar-refractivity contribution in [2.24, 2.45) is 0 Å². The summed E-state index contributed by atoms with van der Waals surface area (Å²) in [6.07, 6.45) is -11.5. The number of hydrogen-bond acceptors (Lipinski definition) is 5. The fraction of sp³-hybridized carbons (Fsp3) is 0.375. The van der Waals surface area contributed by atoms with Gasteiger partial charge >= 0.3 is 36.1 Å². The van der Waals surface area contributed by atoms with Gasteiger partial charge in [0.15, 0.2) is 0 Å². The summed E-state index contributed by atoms with van der Waals surface area (Å²) in [5.74, 6) is -3.89. The molecule has 0 bridgehead atoms. The minimum Gasteiger partial charge on any atom is -0.479 e. The third-order valence-electron chi connectivity index (χ3n) is 2.89. The Bertz CT molecular complexity index is 806. The van der Waals surface area contributed by atoms with Crippen LogP contribution in [0, 0.1) is 0 Å². The Morgan fingerprint density at radius 2 is 1.65 bits per heavy atom. The highest BCUT2D eigenvalue weighted by molar-refractivity contribution is 6.36. The van der Waals surface area contributed by atoms with Gasteiger partial charge in [0.25, 0.3) is 0 Å². The van der Waals surface area contributed by atoms with Crippen LogP contribution in [-0.4, -0.2) is 58.6 Å². The predicted molar refractivity (Wildman–Crippen MR) is 88.6 cm³/mol. The second-order valence-electron chi connectivity index (χ2n) is 5.19. The molecule has 15 heteroatoms. The number of halogens is 6. The number of alkyl halides is 6. The van der Waals surface area contributed by atoms with E-state index in [9.17, 15) is 40.7 Å². The predicted octanol–water partition coefficient (Wildman–Crippen LogP) is 2.71. The SMILES string of the molecule is CCOC(=O)C(=[N+]=[N-])C(F)(F)F.O=C(N[C@H](C(=O)O)C(F)(F)F)OCc1ccccc1. The minimum absolute atomic E-state index is 0.214. The Labute approximate surface area is 170 Å². The standard InChI is InChI=1S/C11H10F3NO4.C5H5F3N2O2/c12-11(13,14)8(9(16)17)15-10(18)19-6-7-4-2-1-3-5-7;1-2-12-4(11)3(10-9)5(6,7)8/h1-5,8H,6H2,(H,15,18)(H,16,17);2H2,1H3/t8-;/m1./s1. The highest BCUT2D eigenvalue weighted by atomic mass is 19.4. The third-order valence-corrected chi connectivity index (χ3v) is 2.89. The summed E-state index contributed by atoms with van der Waals surface area (Å²) < 4.78 is 80.3. The number of amides is 1. The molecule has 0 heterocycles. The van der Waals surface area contributed by atoms with Crippen LogP contribution in [0.1, 0.15) is 12.5 Å². The number of nitrogens with zero attached hydrogens (tertiary/aromatic N) is 2. The molecule has 1 atom stereocenters. The van der Waals surface area contributed by atoms with Crippen molar-refractivity contribution in [3.8, 4) is 0 Å². The number of carboxylic acid groups (broad SMARTS) is 1. The van der Waals surface area contributed by atoms with Gasteiger partial charge in [-0.05, 0) is 12.5 Å². The van der Waals surface area contributed by atoms with E-state index < -0.39 is 42.1 Å². The topological polar surface area (TPSA) is 138 Å². The average Bonchev–Trinajstić information content (AvgIpc) is 2.64. The number of alkyl carbamates (subject to hydrolysis) is 1. The zero-order chi connectivity index (χ0) is 24.2. The second kappa shape index (κ2) is 12.2. The molecule has 0 unspecified atom stereocenters. The number of nitrogens with one attached hydrogen (secondary N) is 1. The van der Waals surface area contributed by atoms with E-state index in [0.717, 1.165) is 0 Å². The van der Waals surface area contributed by atoms with Crippen molar-refractivity contribution in [1.82, 2.24) is 5.32 Å².